The zero-order valence-corrected chi connectivity index (χ0v) is 18.0. The molecule has 162 valence electrons. The van der Waals surface area contributed by atoms with Crippen molar-refractivity contribution in [1.29, 1.82) is 0 Å². The Morgan fingerprint density at radius 3 is 2.00 bits per heavy atom. The number of carbonyl (C=O) groups excluding carboxylic acids is 1. The van der Waals surface area contributed by atoms with Crippen molar-refractivity contribution in [2.24, 2.45) is 0 Å². The first-order chi connectivity index (χ1) is 14.1. The molecule has 0 aliphatic rings. The van der Waals surface area contributed by atoms with Crippen LogP contribution in [-0.4, -0.2) is 17.0 Å². The van der Waals surface area contributed by atoms with Gasteiger partial charge in [0.15, 0.2) is 0 Å². The van der Waals surface area contributed by atoms with E-state index in [1.54, 1.807) is 12.1 Å². The normalized spacial score (nSPS) is 11.1. The van der Waals surface area contributed by atoms with Crippen LogP contribution in [0.5, 0.6) is 5.75 Å². The van der Waals surface area contributed by atoms with Gasteiger partial charge in [-0.15, -0.1) is 0 Å². The second-order valence-corrected chi connectivity index (χ2v) is 7.61. The first-order valence-electron chi connectivity index (χ1n) is 11.3. The lowest BCUT2D eigenvalue weighted by Crippen LogP contribution is -2.10. The summed E-state index contributed by atoms with van der Waals surface area (Å²) in [5, 5.41) is 9.10. The second-order valence-electron chi connectivity index (χ2n) is 7.61. The molecule has 0 bridgehead atoms. The van der Waals surface area contributed by atoms with Crippen molar-refractivity contribution in [3.05, 3.63) is 42.0 Å². The molecule has 0 heterocycles. The fraction of sp³-hybridized carbons (Fsp3) is 0.600. The van der Waals surface area contributed by atoms with Gasteiger partial charge in [0.05, 0.1) is 0 Å². The highest BCUT2D eigenvalue weighted by Gasteiger charge is 2.13. The maximum atomic E-state index is 11.9. The van der Waals surface area contributed by atoms with E-state index in [9.17, 15) is 9.59 Å². The number of carboxylic acids is 1. The van der Waals surface area contributed by atoms with Crippen LogP contribution in [0, 0.1) is 0 Å². The van der Waals surface area contributed by atoms with E-state index in [2.05, 4.69) is 19.1 Å². The number of rotatable bonds is 17. The summed E-state index contributed by atoms with van der Waals surface area (Å²) in [6, 6.07) is 6.23. The first kappa shape index (κ1) is 24.9. The number of allylic oxidation sites excluding steroid dienone is 2. The monoisotopic (exact) mass is 402 g/mol. The average Bonchev–Trinajstić information content (AvgIpc) is 2.71. The predicted molar refractivity (Wildman–Crippen MR) is 118 cm³/mol. The topological polar surface area (TPSA) is 63.6 Å². The van der Waals surface area contributed by atoms with Crippen molar-refractivity contribution in [1.82, 2.24) is 0 Å². The Balaban J connectivity index is 1.97. The molecule has 1 rings (SSSR count). The third kappa shape index (κ3) is 12.9. The number of hydrogen-bond donors (Lipinski definition) is 1. The van der Waals surface area contributed by atoms with E-state index >= 15 is 0 Å². The van der Waals surface area contributed by atoms with Crippen LogP contribution in [0.25, 0.3) is 0 Å². The van der Waals surface area contributed by atoms with E-state index in [0.717, 1.165) is 25.7 Å². The molecule has 0 amide bonds. The first-order valence-corrected chi connectivity index (χ1v) is 11.3. The van der Waals surface area contributed by atoms with Gasteiger partial charge in [0, 0.05) is 6.42 Å². The van der Waals surface area contributed by atoms with E-state index in [-0.39, 0.29) is 17.3 Å². The maximum Gasteiger partial charge on any atom is 0.339 e. The summed E-state index contributed by atoms with van der Waals surface area (Å²) in [4.78, 5) is 23.0. The fourth-order valence-electron chi connectivity index (χ4n) is 3.25. The summed E-state index contributed by atoms with van der Waals surface area (Å²) >= 11 is 0. The molecule has 0 aliphatic carbocycles. The van der Waals surface area contributed by atoms with Crippen LogP contribution in [0.3, 0.4) is 0 Å². The third-order valence-corrected chi connectivity index (χ3v) is 4.98. The number of unbranched alkanes of at least 4 members (excludes halogenated alkanes) is 11. The fourth-order valence-corrected chi connectivity index (χ4v) is 3.25. The minimum absolute atomic E-state index is 0.0189. The number of benzene rings is 1. The van der Waals surface area contributed by atoms with E-state index in [0.29, 0.717) is 6.42 Å². The van der Waals surface area contributed by atoms with E-state index in [4.69, 9.17) is 9.84 Å². The molecule has 0 saturated carbocycles. The van der Waals surface area contributed by atoms with Gasteiger partial charge in [-0.25, -0.2) is 4.79 Å². The van der Waals surface area contributed by atoms with Gasteiger partial charge in [-0.2, -0.15) is 0 Å². The van der Waals surface area contributed by atoms with Gasteiger partial charge < -0.3 is 9.84 Å². The zero-order chi connectivity index (χ0) is 21.2. The molecular weight excluding hydrogens is 364 g/mol. The van der Waals surface area contributed by atoms with Crippen molar-refractivity contribution in [3.8, 4) is 5.75 Å². The Bertz CT molecular complexity index is 607. The van der Waals surface area contributed by atoms with E-state index in [1.165, 1.54) is 69.9 Å². The highest BCUT2D eigenvalue weighted by molar-refractivity contribution is 5.91. The molecule has 4 heteroatoms. The third-order valence-electron chi connectivity index (χ3n) is 4.98. The average molecular weight is 403 g/mol. The standard InChI is InChI=1S/C25H38O4/c1-2-3-4-5-6-7-8-9-10-11-12-13-14-15-16-21-24(26)29-23-20-18-17-19-22(23)25(27)28/h9-10,17-20H,2-8,11-16,21H2,1H3,(H,27,28). The summed E-state index contributed by atoms with van der Waals surface area (Å²) in [6.07, 6.45) is 20.7. The van der Waals surface area contributed by atoms with Crippen molar-refractivity contribution in [3.63, 3.8) is 0 Å². The van der Waals surface area contributed by atoms with E-state index in [1.807, 2.05) is 0 Å². The quantitative estimate of drug-likeness (QED) is 0.128. The Morgan fingerprint density at radius 1 is 0.828 bits per heavy atom. The summed E-state index contributed by atoms with van der Waals surface area (Å²) in [6.45, 7) is 2.25. The lowest BCUT2D eigenvalue weighted by atomic mass is 10.1. The molecule has 29 heavy (non-hydrogen) atoms. The van der Waals surface area contributed by atoms with Gasteiger partial charge in [0.1, 0.15) is 11.3 Å². The number of carbonyl (C=O) groups is 2. The Hall–Kier alpha value is -2.10. The summed E-state index contributed by atoms with van der Waals surface area (Å²) in [7, 11) is 0. The summed E-state index contributed by atoms with van der Waals surface area (Å²) < 4.78 is 5.20. The molecule has 0 aliphatic heterocycles. The van der Waals surface area contributed by atoms with Gasteiger partial charge in [-0.3, -0.25) is 4.79 Å². The minimum Gasteiger partial charge on any atom is -0.478 e. The summed E-state index contributed by atoms with van der Waals surface area (Å²) in [5.41, 5.74) is 0.0189. The molecule has 0 fully saturated rings. The van der Waals surface area contributed by atoms with Crippen LogP contribution in [0.2, 0.25) is 0 Å². The highest BCUT2D eigenvalue weighted by Crippen LogP contribution is 2.19. The van der Waals surface area contributed by atoms with Gasteiger partial charge in [0.25, 0.3) is 0 Å². The number of esters is 1. The van der Waals surface area contributed by atoms with Crippen LogP contribution in [0.15, 0.2) is 36.4 Å². The molecule has 1 aromatic carbocycles. The number of hydrogen-bond acceptors (Lipinski definition) is 3. The Labute approximate surface area is 176 Å². The van der Waals surface area contributed by atoms with E-state index < -0.39 is 5.97 Å². The molecule has 0 unspecified atom stereocenters. The van der Waals surface area contributed by atoms with Crippen LogP contribution in [0.4, 0.5) is 0 Å². The Kier molecular flexibility index (Phi) is 14.5. The molecule has 0 atom stereocenters. The van der Waals surface area contributed by atoms with Crippen LogP contribution in [0.1, 0.15) is 107 Å². The van der Waals surface area contributed by atoms with Crippen LogP contribution >= 0.6 is 0 Å². The number of aromatic carboxylic acids is 1. The van der Waals surface area contributed by atoms with Gasteiger partial charge in [0.2, 0.25) is 0 Å². The largest absolute Gasteiger partial charge is 0.478 e. The second kappa shape index (κ2) is 16.8. The zero-order valence-electron chi connectivity index (χ0n) is 18.0. The molecule has 0 aromatic heterocycles. The lowest BCUT2D eigenvalue weighted by Gasteiger charge is -2.07. The summed E-state index contributed by atoms with van der Waals surface area (Å²) in [5.74, 6) is -1.33. The Morgan fingerprint density at radius 2 is 1.38 bits per heavy atom. The predicted octanol–water partition coefficient (Wildman–Crippen LogP) is 7.33. The SMILES string of the molecule is CCCCCCCCC=CCCCCCCCC(=O)Oc1ccccc1C(=O)O. The molecule has 1 aromatic rings. The molecular formula is C25H38O4. The molecule has 4 nitrogen and oxygen atoms in total. The number of ether oxygens (including phenoxy) is 1. The van der Waals surface area contributed by atoms with Gasteiger partial charge >= 0.3 is 11.9 Å². The number of carboxylic acid groups (broad SMARTS) is 1. The molecule has 0 radical (unpaired) electrons. The number of para-hydroxylation sites is 1. The minimum atomic E-state index is -1.09. The van der Waals surface area contributed by atoms with Gasteiger partial charge in [-0.05, 0) is 44.2 Å². The lowest BCUT2D eigenvalue weighted by molar-refractivity contribution is -0.134. The van der Waals surface area contributed by atoms with Crippen molar-refractivity contribution in [2.45, 2.75) is 96.8 Å². The molecule has 0 spiro atoms. The highest BCUT2D eigenvalue weighted by atomic mass is 16.5. The van der Waals surface area contributed by atoms with Crippen LogP contribution < -0.4 is 4.74 Å². The van der Waals surface area contributed by atoms with Crippen molar-refractivity contribution < 1.29 is 19.4 Å². The maximum absolute atomic E-state index is 11.9. The van der Waals surface area contributed by atoms with Crippen LogP contribution in [-0.2, 0) is 4.79 Å². The van der Waals surface area contributed by atoms with Crippen molar-refractivity contribution >= 4 is 11.9 Å². The smallest absolute Gasteiger partial charge is 0.339 e. The van der Waals surface area contributed by atoms with Gasteiger partial charge in [-0.1, -0.05) is 82.6 Å². The molecule has 0 saturated heterocycles. The molecule has 1 N–H and O–H groups in total. The van der Waals surface area contributed by atoms with Crippen molar-refractivity contribution in [2.75, 3.05) is 0 Å².